The normalized spacial score (nSPS) is 15.7. The van der Waals surface area contributed by atoms with Crippen LogP contribution in [0, 0.1) is 0 Å². The monoisotopic (exact) mass is 494 g/mol. The largest absolute Gasteiger partial charge is 0.497 e. The number of piperazine rings is 1. The van der Waals surface area contributed by atoms with Gasteiger partial charge in [-0.15, -0.1) is 0 Å². The van der Waals surface area contributed by atoms with Gasteiger partial charge in [0.25, 0.3) is 5.91 Å². The van der Waals surface area contributed by atoms with Crippen molar-refractivity contribution in [1.82, 2.24) is 14.2 Å². The molecule has 0 unspecified atom stereocenters. The second kappa shape index (κ2) is 9.32. The third kappa shape index (κ3) is 4.60. The van der Waals surface area contributed by atoms with Gasteiger partial charge in [-0.25, -0.2) is 13.4 Å². The molecule has 4 rings (SSSR count). The van der Waals surface area contributed by atoms with Gasteiger partial charge in [0.15, 0.2) is 5.13 Å². The molecule has 8 nitrogen and oxygen atoms in total. The number of ether oxygens (including phenoxy) is 1. The molecule has 0 saturated carbocycles. The van der Waals surface area contributed by atoms with Gasteiger partial charge in [0.1, 0.15) is 5.75 Å². The molecule has 0 bridgehead atoms. The number of likely N-dealkylation sites (N-methyl/N-ethyl adjacent to an activating group) is 1. The van der Waals surface area contributed by atoms with Crippen molar-refractivity contribution in [3.8, 4) is 5.75 Å². The number of benzene rings is 2. The molecule has 1 aliphatic rings. The number of rotatable bonds is 6. The van der Waals surface area contributed by atoms with Crippen LogP contribution in [0.1, 0.15) is 17.3 Å². The molecule has 3 aromatic rings. The summed E-state index contributed by atoms with van der Waals surface area (Å²) >= 11 is 7.53. The lowest BCUT2D eigenvalue weighted by atomic mass is 10.2. The highest BCUT2D eigenvalue weighted by Gasteiger charge is 2.29. The van der Waals surface area contributed by atoms with Crippen LogP contribution in [0.3, 0.4) is 0 Å². The molecular formula is C21H23ClN4O4S2. The number of hydrogen-bond donors (Lipinski definition) is 1. The minimum absolute atomic E-state index is 0.0473. The molecule has 2 aromatic carbocycles. The average Bonchev–Trinajstić information content (AvgIpc) is 3.20. The quantitative estimate of drug-likeness (QED) is 0.563. The number of carbonyl (C=O) groups excluding carboxylic acids is 1. The summed E-state index contributed by atoms with van der Waals surface area (Å²) in [5.41, 5.74) is 0.802. The van der Waals surface area contributed by atoms with E-state index in [1.165, 1.54) is 33.8 Å². The molecule has 0 atom stereocenters. The van der Waals surface area contributed by atoms with E-state index in [1.54, 1.807) is 19.2 Å². The maximum Gasteiger partial charge on any atom is 0.259 e. The van der Waals surface area contributed by atoms with Gasteiger partial charge in [-0.3, -0.25) is 10.1 Å². The van der Waals surface area contributed by atoms with E-state index >= 15 is 0 Å². The van der Waals surface area contributed by atoms with Crippen LogP contribution in [-0.4, -0.2) is 68.3 Å². The van der Waals surface area contributed by atoms with Crippen LogP contribution < -0.4 is 10.1 Å². The number of anilines is 1. The van der Waals surface area contributed by atoms with E-state index in [2.05, 4.69) is 22.1 Å². The molecule has 0 radical (unpaired) electrons. The first kappa shape index (κ1) is 22.9. The standard InChI is InChI=1S/C21H23ClN4O4S2/c1-3-25-8-10-26(11-9-25)32(28,29)15-5-6-17(22)16(13-15)20(27)24-21-23-18-7-4-14(30-2)12-19(18)31-21/h4-7,12-13H,3,8-11H2,1-2H3,(H,23,24,27). The molecule has 32 heavy (non-hydrogen) atoms. The third-order valence-electron chi connectivity index (χ3n) is 5.41. The maximum atomic E-state index is 13.1. The van der Waals surface area contributed by atoms with Crippen molar-refractivity contribution in [3.63, 3.8) is 0 Å². The second-order valence-electron chi connectivity index (χ2n) is 7.29. The smallest absolute Gasteiger partial charge is 0.259 e. The fourth-order valence-electron chi connectivity index (χ4n) is 3.52. The lowest BCUT2D eigenvalue weighted by Gasteiger charge is -2.33. The van der Waals surface area contributed by atoms with E-state index in [-0.39, 0.29) is 15.5 Å². The highest BCUT2D eigenvalue weighted by molar-refractivity contribution is 7.89. The van der Waals surface area contributed by atoms with E-state index in [1.807, 2.05) is 6.07 Å². The zero-order valence-corrected chi connectivity index (χ0v) is 20.1. The number of thiazole rings is 1. The summed E-state index contributed by atoms with van der Waals surface area (Å²) in [5, 5.41) is 3.28. The Bertz CT molecular complexity index is 1250. The molecule has 1 saturated heterocycles. The first-order chi connectivity index (χ1) is 15.3. The van der Waals surface area contributed by atoms with Crippen LogP contribution in [0.5, 0.6) is 5.75 Å². The van der Waals surface area contributed by atoms with E-state index in [9.17, 15) is 13.2 Å². The Kier molecular flexibility index (Phi) is 6.68. The fraction of sp³-hybridized carbons (Fsp3) is 0.333. The van der Waals surface area contributed by atoms with Crippen molar-refractivity contribution in [2.75, 3.05) is 45.2 Å². The first-order valence-electron chi connectivity index (χ1n) is 10.1. The molecule has 1 aliphatic heterocycles. The number of carbonyl (C=O) groups is 1. The number of methoxy groups -OCH3 is 1. The van der Waals surface area contributed by atoms with Crippen molar-refractivity contribution < 1.29 is 17.9 Å². The van der Waals surface area contributed by atoms with Crippen molar-refractivity contribution in [2.24, 2.45) is 0 Å². The molecule has 0 aliphatic carbocycles. The lowest BCUT2D eigenvalue weighted by molar-refractivity contribution is 0.102. The van der Waals surface area contributed by atoms with Crippen molar-refractivity contribution in [1.29, 1.82) is 0 Å². The summed E-state index contributed by atoms with van der Waals surface area (Å²) in [6.07, 6.45) is 0. The van der Waals surface area contributed by atoms with Crippen molar-refractivity contribution in [2.45, 2.75) is 11.8 Å². The van der Waals surface area contributed by atoms with Crippen LogP contribution >= 0.6 is 22.9 Å². The Morgan fingerprint density at radius 3 is 2.62 bits per heavy atom. The van der Waals surface area contributed by atoms with E-state index in [0.29, 0.717) is 37.1 Å². The van der Waals surface area contributed by atoms with Gasteiger partial charge in [0, 0.05) is 26.2 Å². The Hall–Kier alpha value is -2.24. The Balaban J connectivity index is 1.56. The SMILES string of the molecule is CCN1CCN(S(=O)(=O)c2ccc(Cl)c(C(=O)Nc3nc4ccc(OC)cc4s3)c2)CC1. The highest BCUT2D eigenvalue weighted by Crippen LogP contribution is 2.30. The van der Waals surface area contributed by atoms with Crippen LogP contribution in [-0.2, 0) is 10.0 Å². The number of aromatic nitrogens is 1. The molecular weight excluding hydrogens is 472 g/mol. The van der Waals surface area contributed by atoms with Crippen LogP contribution in [0.15, 0.2) is 41.3 Å². The summed E-state index contributed by atoms with van der Waals surface area (Å²) < 4.78 is 33.7. The summed E-state index contributed by atoms with van der Waals surface area (Å²) in [6.45, 7) is 5.12. The molecule has 2 heterocycles. The van der Waals surface area contributed by atoms with Gasteiger partial charge in [-0.05, 0) is 42.9 Å². The minimum atomic E-state index is -3.73. The van der Waals surface area contributed by atoms with Gasteiger partial charge in [0.2, 0.25) is 10.0 Å². The number of hydrogen-bond acceptors (Lipinski definition) is 7. The Labute approximate surface area is 195 Å². The zero-order chi connectivity index (χ0) is 22.9. The van der Waals surface area contributed by atoms with Gasteiger partial charge < -0.3 is 9.64 Å². The Morgan fingerprint density at radius 2 is 1.94 bits per heavy atom. The van der Waals surface area contributed by atoms with Gasteiger partial charge in [-0.1, -0.05) is 29.9 Å². The molecule has 1 aromatic heterocycles. The molecule has 1 amide bonds. The van der Waals surface area contributed by atoms with E-state index in [4.69, 9.17) is 16.3 Å². The first-order valence-corrected chi connectivity index (χ1v) is 12.7. The molecule has 1 fully saturated rings. The third-order valence-corrected chi connectivity index (χ3v) is 8.57. The summed E-state index contributed by atoms with van der Waals surface area (Å²) in [4.78, 5) is 19.5. The number of sulfonamides is 1. The Morgan fingerprint density at radius 1 is 1.19 bits per heavy atom. The lowest BCUT2D eigenvalue weighted by Crippen LogP contribution is -2.48. The molecule has 0 spiro atoms. The van der Waals surface area contributed by atoms with Crippen molar-refractivity contribution >= 4 is 54.2 Å². The minimum Gasteiger partial charge on any atom is -0.497 e. The summed E-state index contributed by atoms with van der Waals surface area (Å²) in [5.74, 6) is 0.175. The van der Waals surface area contributed by atoms with Crippen molar-refractivity contribution in [3.05, 3.63) is 47.0 Å². The number of amides is 1. The fourth-order valence-corrected chi connectivity index (χ4v) is 6.07. The van der Waals surface area contributed by atoms with Crippen LogP contribution in [0.25, 0.3) is 10.2 Å². The van der Waals surface area contributed by atoms with Gasteiger partial charge in [-0.2, -0.15) is 4.31 Å². The number of fused-ring (bicyclic) bond motifs is 1. The van der Waals surface area contributed by atoms with E-state index < -0.39 is 15.9 Å². The summed E-state index contributed by atoms with van der Waals surface area (Å²) in [6, 6.07) is 9.63. The average molecular weight is 495 g/mol. The molecule has 11 heteroatoms. The van der Waals surface area contributed by atoms with E-state index in [0.717, 1.165) is 16.8 Å². The second-order valence-corrected chi connectivity index (χ2v) is 10.7. The molecule has 170 valence electrons. The summed E-state index contributed by atoms with van der Waals surface area (Å²) in [7, 11) is -2.15. The number of nitrogens with zero attached hydrogens (tertiary/aromatic N) is 3. The van der Waals surface area contributed by atoms with Gasteiger partial charge >= 0.3 is 0 Å². The number of nitrogens with one attached hydrogen (secondary N) is 1. The van der Waals surface area contributed by atoms with Gasteiger partial charge in [0.05, 0.1) is 32.8 Å². The topological polar surface area (TPSA) is 91.8 Å². The van der Waals surface area contributed by atoms with Crippen LogP contribution in [0.2, 0.25) is 5.02 Å². The zero-order valence-electron chi connectivity index (χ0n) is 17.7. The van der Waals surface area contributed by atoms with Crippen LogP contribution in [0.4, 0.5) is 5.13 Å². The predicted molar refractivity (Wildman–Crippen MR) is 126 cm³/mol. The predicted octanol–water partition coefficient (Wildman–Crippen LogP) is 3.54. The maximum absolute atomic E-state index is 13.1. The number of halogens is 1. The highest BCUT2D eigenvalue weighted by atomic mass is 35.5. The molecule has 1 N–H and O–H groups in total.